The van der Waals surface area contributed by atoms with Crippen molar-refractivity contribution in [2.75, 3.05) is 25.9 Å². The lowest BCUT2D eigenvalue weighted by Gasteiger charge is -2.23. The number of sulfonamides is 1. The predicted octanol–water partition coefficient (Wildman–Crippen LogP) is 2.04. The van der Waals surface area contributed by atoms with E-state index in [1.54, 1.807) is 12.1 Å². The number of likely N-dealkylation sites (N-methyl/N-ethyl adjacent to an activating group) is 1. The highest BCUT2D eigenvalue weighted by Crippen LogP contribution is 2.22. The van der Waals surface area contributed by atoms with Gasteiger partial charge in [0.05, 0.1) is 5.69 Å². The Bertz CT molecular complexity index is 549. The second-order valence-corrected chi connectivity index (χ2v) is 7.47. The van der Waals surface area contributed by atoms with Gasteiger partial charge in [0.1, 0.15) is 4.90 Å². The predicted molar refractivity (Wildman–Crippen MR) is 86.1 cm³/mol. The topological polar surface area (TPSA) is 75.4 Å². The van der Waals surface area contributed by atoms with Crippen LogP contribution in [-0.4, -0.2) is 39.5 Å². The summed E-state index contributed by atoms with van der Waals surface area (Å²) >= 11 is 3.25. The molecule has 1 unspecified atom stereocenters. The first-order valence-electron chi connectivity index (χ1n) is 6.53. The number of anilines is 1. The maximum Gasteiger partial charge on any atom is 0.242 e. The Hall–Kier alpha value is -0.630. The molecule has 1 rings (SSSR count). The molecule has 0 saturated carbocycles. The van der Waals surface area contributed by atoms with Gasteiger partial charge in [-0.15, -0.1) is 0 Å². The van der Waals surface area contributed by atoms with E-state index >= 15 is 0 Å². The average molecular weight is 364 g/mol. The molecule has 0 aliphatic carbocycles. The fourth-order valence-corrected chi connectivity index (χ4v) is 3.40. The van der Waals surface area contributed by atoms with Crippen molar-refractivity contribution >= 4 is 31.6 Å². The van der Waals surface area contributed by atoms with Gasteiger partial charge in [-0.25, -0.2) is 13.1 Å². The third kappa shape index (κ3) is 4.73. The van der Waals surface area contributed by atoms with Crippen molar-refractivity contribution in [1.82, 2.24) is 9.62 Å². The molecule has 0 radical (unpaired) electrons. The van der Waals surface area contributed by atoms with Gasteiger partial charge in [-0.1, -0.05) is 22.9 Å². The summed E-state index contributed by atoms with van der Waals surface area (Å²) in [6, 6.07) is 5.22. The van der Waals surface area contributed by atoms with Crippen molar-refractivity contribution in [3.05, 3.63) is 22.7 Å². The number of benzene rings is 1. The summed E-state index contributed by atoms with van der Waals surface area (Å²) in [5.74, 6) is 0. The second kappa shape index (κ2) is 7.40. The van der Waals surface area contributed by atoms with Crippen LogP contribution in [0.5, 0.6) is 0 Å². The van der Waals surface area contributed by atoms with Gasteiger partial charge >= 0.3 is 0 Å². The van der Waals surface area contributed by atoms with Gasteiger partial charge in [0, 0.05) is 23.6 Å². The van der Waals surface area contributed by atoms with E-state index in [-0.39, 0.29) is 10.6 Å². The molecule has 0 aliphatic rings. The minimum Gasteiger partial charge on any atom is -0.398 e. The smallest absolute Gasteiger partial charge is 0.242 e. The molecule has 7 heteroatoms. The molecular weight excluding hydrogens is 342 g/mol. The average Bonchev–Trinajstić information content (AvgIpc) is 2.40. The summed E-state index contributed by atoms with van der Waals surface area (Å²) in [6.45, 7) is 5.23. The summed E-state index contributed by atoms with van der Waals surface area (Å²) in [4.78, 5) is 2.23. The molecular formula is C13H22BrN3O2S. The van der Waals surface area contributed by atoms with Gasteiger partial charge in [0.2, 0.25) is 10.0 Å². The van der Waals surface area contributed by atoms with E-state index in [1.165, 1.54) is 6.07 Å². The van der Waals surface area contributed by atoms with Crippen molar-refractivity contribution in [2.45, 2.75) is 31.2 Å². The zero-order valence-corrected chi connectivity index (χ0v) is 14.5. The van der Waals surface area contributed by atoms with Crippen molar-refractivity contribution in [2.24, 2.45) is 0 Å². The minimum absolute atomic E-state index is 0.109. The van der Waals surface area contributed by atoms with Crippen LogP contribution in [-0.2, 0) is 10.0 Å². The lowest BCUT2D eigenvalue weighted by Crippen LogP contribution is -2.37. The highest BCUT2D eigenvalue weighted by atomic mass is 79.9. The quantitative estimate of drug-likeness (QED) is 0.726. The summed E-state index contributed by atoms with van der Waals surface area (Å²) in [5, 5.41) is 0. The SMILES string of the molecule is CCC(C)N(C)CCNS(=O)(=O)c1cc(Br)ccc1N. The van der Waals surface area contributed by atoms with Gasteiger partial charge in [0.15, 0.2) is 0 Å². The fourth-order valence-electron chi connectivity index (χ4n) is 1.71. The third-order valence-corrected chi connectivity index (χ3v) is 5.37. The van der Waals surface area contributed by atoms with Crippen LogP contribution in [0.4, 0.5) is 5.69 Å². The molecule has 114 valence electrons. The Balaban J connectivity index is 2.69. The summed E-state index contributed by atoms with van der Waals surface area (Å²) < 4.78 is 27.7. The van der Waals surface area contributed by atoms with E-state index in [9.17, 15) is 8.42 Å². The van der Waals surface area contributed by atoms with Gasteiger partial charge in [-0.2, -0.15) is 0 Å². The Morgan fingerprint density at radius 2 is 2.10 bits per heavy atom. The minimum atomic E-state index is -3.57. The van der Waals surface area contributed by atoms with Crippen LogP contribution < -0.4 is 10.5 Å². The van der Waals surface area contributed by atoms with Crippen LogP contribution in [0.1, 0.15) is 20.3 Å². The van der Waals surface area contributed by atoms with E-state index in [2.05, 4.69) is 39.4 Å². The zero-order chi connectivity index (χ0) is 15.3. The largest absolute Gasteiger partial charge is 0.398 e. The Morgan fingerprint density at radius 1 is 1.45 bits per heavy atom. The number of hydrogen-bond acceptors (Lipinski definition) is 4. The highest BCUT2D eigenvalue weighted by Gasteiger charge is 2.18. The third-order valence-electron chi connectivity index (χ3n) is 3.36. The molecule has 0 amide bonds. The normalized spacial score (nSPS) is 13.7. The molecule has 3 N–H and O–H groups in total. The van der Waals surface area contributed by atoms with Crippen molar-refractivity contribution < 1.29 is 8.42 Å². The molecule has 1 aromatic carbocycles. The monoisotopic (exact) mass is 363 g/mol. The van der Waals surface area contributed by atoms with Crippen LogP contribution in [0.2, 0.25) is 0 Å². The first-order valence-corrected chi connectivity index (χ1v) is 8.80. The number of hydrogen-bond donors (Lipinski definition) is 2. The van der Waals surface area contributed by atoms with E-state index in [1.807, 2.05) is 7.05 Å². The maximum atomic E-state index is 12.2. The van der Waals surface area contributed by atoms with Crippen LogP contribution in [0.15, 0.2) is 27.6 Å². The number of nitrogens with two attached hydrogens (primary N) is 1. The summed E-state index contributed by atoms with van der Waals surface area (Å²) in [7, 11) is -1.59. The number of nitrogens with zero attached hydrogens (tertiary/aromatic N) is 1. The first kappa shape index (κ1) is 17.4. The first-order chi connectivity index (χ1) is 9.27. The van der Waals surface area contributed by atoms with Crippen LogP contribution in [0, 0.1) is 0 Å². The maximum absolute atomic E-state index is 12.2. The summed E-state index contributed by atoms with van der Waals surface area (Å²) in [6.07, 6.45) is 1.03. The van der Waals surface area contributed by atoms with Crippen LogP contribution >= 0.6 is 15.9 Å². The van der Waals surface area contributed by atoms with E-state index < -0.39 is 10.0 Å². The van der Waals surface area contributed by atoms with E-state index in [0.717, 1.165) is 6.42 Å². The zero-order valence-electron chi connectivity index (χ0n) is 12.1. The summed E-state index contributed by atoms with van der Waals surface area (Å²) in [5.41, 5.74) is 5.97. The van der Waals surface area contributed by atoms with Crippen LogP contribution in [0.25, 0.3) is 0 Å². The molecule has 5 nitrogen and oxygen atoms in total. The Kier molecular flexibility index (Phi) is 6.44. The molecule has 0 aromatic heterocycles. The van der Waals surface area contributed by atoms with E-state index in [4.69, 9.17) is 5.73 Å². The van der Waals surface area contributed by atoms with E-state index in [0.29, 0.717) is 23.6 Å². The number of halogens is 1. The standard InChI is InChI=1S/C13H22BrN3O2S/c1-4-10(2)17(3)8-7-16-20(18,19)13-9-11(14)5-6-12(13)15/h5-6,9-10,16H,4,7-8,15H2,1-3H3. The molecule has 0 saturated heterocycles. The van der Waals surface area contributed by atoms with Gasteiger partial charge < -0.3 is 10.6 Å². The Labute approximate surface area is 129 Å². The highest BCUT2D eigenvalue weighted by molar-refractivity contribution is 9.10. The molecule has 0 fully saturated rings. The molecule has 0 aliphatic heterocycles. The van der Waals surface area contributed by atoms with Crippen molar-refractivity contribution in [3.63, 3.8) is 0 Å². The number of nitrogens with one attached hydrogen (secondary N) is 1. The lowest BCUT2D eigenvalue weighted by atomic mass is 10.2. The number of rotatable bonds is 7. The molecule has 20 heavy (non-hydrogen) atoms. The fraction of sp³-hybridized carbons (Fsp3) is 0.538. The molecule has 0 spiro atoms. The Morgan fingerprint density at radius 3 is 2.70 bits per heavy atom. The van der Waals surface area contributed by atoms with Crippen molar-refractivity contribution in [1.29, 1.82) is 0 Å². The van der Waals surface area contributed by atoms with Gasteiger partial charge in [0.25, 0.3) is 0 Å². The molecule has 1 aromatic rings. The van der Waals surface area contributed by atoms with Gasteiger partial charge in [-0.3, -0.25) is 0 Å². The second-order valence-electron chi connectivity index (χ2n) is 4.82. The molecule has 0 heterocycles. The van der Waals surface area contributed by atoms with Gasteiger partial charge in [-0.05, 0) is 38.6 Å². The van der Waals surface area contributed by atoms with Crippen molar-refractivity contribution in [3.8, 4) is 0 Å². The lowest BCUT2D eigenvalue weighted by molar-refractivity contribution is 0.256. The molecule has 0 bridgehead atoms. The number of nitrogen functional groups attached to an aromatic ring is 1. The molecule has 1 atom stereocenters. The van der Waals surface area contributed by atoms with Crippen LogP contribution in [0.3, 0.4) is 0 Å².